The first-order valence-corrected chi connectivity index (χ1v) is 7.31. The van der Waals surface area contributed by atoms with E-state index in [4.69, 9.17) is 0 Å². The maximum Gasteiger partial charge on any atom is 0.208 e. The van der Waals surface area contributed by atoms with E-state index in [1.54, 1.807) is 6.92 Å². The Morgan fingerprint density at radius 2 is 1.72 bits per heavy atom. The lowest BCUT2D eigenvalue weighted by atomic mass is 10.1. The third-order valence-corrected chi connectivity index (χ3v) is 3.05. The van der Waals surface area contributed by atoms with Crippen molar-refractivity contribution in [3.63, 3.8) is 0 Å². The maximum atomic E-state index is 13.0. The monoisotopic (exact) mass is 278 g/mol. The number of hydrogen-bond acceptors (Lipinski definition) is 3. The average Bonchev–Trinajstić information content (AvgIpc) is 2.21. The van der Waals surface area contributed by atoms with Gasteiger partial charge in [0.1, 0.15) is 11.6 Å². The number of benzene rings is 1. The maximum absolute atomic E-state index is 13.0. The first-order chi connectivity index (χ1) is 8.28. The normalized spacial score (nSPS) is 13.6. The molecule has 1 unspecified atom stereocenters. The number of nitrogens with one attached hydrogen (secondary N) is 2. The molecule has 18 heavy (non-hydrogen) atoms. The van der Waals surface area contributed by atoms with Gasteiger partial charge in [0.05, 0.1) is 6.26 Å². The SMILES string of the molecule is CC(NCCNS(C)(=O)=O)c1cc(F)cc(F)c1. The van der Waals surface area contributed by atoms with Gasteiger partial charge >= 0.3 is 0 Å². The molecular weight excluding hydrogens is 262 g/mol. The summed E-state index contributed by atoms with van der Waals surface area (Å²) in [5.41, 5.74) is 0.479. The Bertz CT molecular complexity index is 486. The van der Waals surface area contributed by atoms with Crippen LogP contribution in [0.1, 0.15) is 18.5 Å². The molecule has 0 amide bonds. The smallest absolute Gasteiger partial charge is 0.208 e. The Kier molecular flexibility index (Phi) is 5.18. The summed E-state index contributed by atoms with van der Waals surface area (Å²) in [6.45, 7) is 2.34. The minimum atomic E-state index is -3.21. The predicted molar refractivity (Wildman–Crippen MR) is 65.6 cm³/mol. The molecule has 1 aromatic carbocycles. The molecule has 0 aromatic heterocycles. The first-order valence-electron chi connectivity index (χ1n) is 5.42. The Hall–Kier alpha value is -1.05. The average molecular weight is 278 g/mol. The molecule has 0 spiro atoms. The first kappa shape index (κ1) is 15.0. The third-order valence-electron chi connectivity index (χ3n) is 2.32. The molecule has 0 aliphatic rings. The molecular formula is C11H16F2N2O2S. The van der Waals surface area contributed by atoms with Crippen molar-refractivity contribution in [1.29, 1.82) is 0 Å². The van der Waals surface area contributed by atoms with Crippen LogP contribution >= 0.6 is 0 Å². The Labute approximate surface area is 105 Å². The molecule has 0 heterocycles. The topological polar surface area (TPSA) is 58.2 Å². The van der Waals surface area contributed by atoms with Crippen LogP contribution in [0.15, 0.2) is 18.2 Å². The molecule has 1 aromatic rings. The largest absolute Gasteiger partial charge is 0.309 e. The van der Waals surface area contributed by atoms with Gasteiger partial charge in [0.25, 0.3) is 0 Å². The summed E-state index contributed by atoms with van der Waals surface area (Å²) in [5.74, 6) is -1.26. The summed E-state index contributed by atoms with van der Waals surface area (Å²) < 4.78 is 49.9. The highest BCUT2D eigenvalue weighted by atomic mass is 32.2. The molecule has 7 heteroatoms. The zero-order chi connectivity index (χ0) is 13.8. The molecule has 1 rings (SSSR count). The van der Waals surface area contributed by atoms with E-state index in [0.29, 0.717) is 12.1 Å². The van der Waals surface area contributed by atoms with Crippen LogP contribution in [0, 0.1) is 11.6 Å². The van der Waals surface area contributed by atoms with Gasteiger partial charge in [-0.15, -0.1) is 0 Å². The predicted octanol–water partition coefficient (Wildman–Crippen LogP) is 1.16. The fourth-order valence-corrected chi connectivity index (χ4v) is 1.94. The van der Waals surface area contributed by atoms with Crippen molar-refractivity contribution in [3.8, 4) is 0 Å². The van der Waals surface area contributed by atoms with Gasteiger partial charge in [-0.3, -0.25) is 0 Å². The summed E-state index contributed by atoms with van der Waals surface area (Å²) in [6, 6.07) is 3.02. The van der Waals surface area contributed by atoms with Gasteiger partial charge in [-0.2, -0.15) is 0 Å². The zero-order valence-electron chi connectivity index (χ0n) is 10.2. The molecule has 0 aliphatic heterocycles. The van der Waals surface area contributed by atoms with Gasteiger partial charge in [0.2, 0.25) is 10.0 Å². The van der Waals surface area contributed by atoms with Crippen LogP contribution in [-0.2, 0) is 10.0 Å². The highest BCUT2D eigenvalue weighted by Crippen LogP contribution is 2.15. The van der Waals surface area contributed by atoms with E-state index in [0.717, 1.165) is 12.3 Å². The second-order valence-electron chi connectivity index (χ2n) is 4.05. The van der Waals surface area contributed by atoms with E-state index in [-0.39, 0.29) is 12.6 Å². The van der Waals surface area contributed by atoms with E-state index < -0.39 is 21.7 Å². The molecule has 0 radical (unpaired) electrons. The summed E-state index contributed by atoms with van der Waals surface area (Å²) >= 11 is 0. The van der Waals surface area contributed by atoms with E-state index in [1.807, 2.05) is 0 Å². The minimum Gasteiger partial charge on any atom is -0.309 e. The van der Waals surface area contributed by atoms with Crippen molar-refractivity contribution in [2.75, 3.05) is 19.3 Å². The fraction of sp³-hybridized carbons (Fsp3) is 0.455. The van der Waals surface area contributed by atoms with Crippen LogP contribution in [0.2, 0.25) is 0 Å². The van der Waals surface area contributed by atoms with Crippen LogP contribution in [0.3, 0.4) is 0 Å². The Morgan fingerprint density at radius 3 is 2.22 bits per heavy atom. The minimum absolute atomic E-state index is 0.223. The van der Waals surface area contributed by atoms with Crippen LogP contribution in [-0.4, -0.2) is 27.8 Å². The van der Waals surface area contributed by atoms with Gasteiger partial charge in [0.15, 0.2) is 0 Å². The van der Waals surface area contributed by atoms with Crippen LogP contribution in [0.5, 0.6) is 0 Å². The highest BCUT2D eigenvalue weighted by molar-refractivity contribution is 7.88. The van der Waals surface area contributed by atoms with E-state index in [1.165, 1.54) is 12.1 Å². The Morgan fingerprint density at radius 1 is 1.17 bits per heavy atom. The molecule has 2 N–H and O–H groups in total. The summed E-state index contributed by atoms with van der Waals surface area (Å²) in [7, 11) is -3.21. The van der Waals surface area contributed by atoms with Gasteiger partial charge in [-0.05, 0) is 24.6 Å². The number of halogens is 2. The van der Waals surface area contributed by atoms with Crippen LogP contribution < -0.4 is 10.0 Å². The summed E-state index contributed by atoms with van der Waals surface area (Å²) in [5, 5.41) is 2.97. The van der Waals surface area contributed by atoms with Gasteiger partial charge < -0.3 is 5.32 Å². The van der Waals surface area contributed by atoms with E-state index in [2.05, 4.69) is 10.0 Å². The van der Waals surface area contributed by atoms with Crippen LogP contribution in [0.25, 0.3) is 0 Å². The van der Waals surface area contributed by atoms with Gasteiger partial charge in [-0.1, -0.05) is 0 Å². The fourth-order valence-electron chi connectivity index (χ4n) is 1.47. The lowest BCUT2D eigenvalue weighted by molar-refractivity contribution is 0.541. The second kappa shape index (κ2) is 6.21. The molecule has 0 fully saturated rings. The van der Waals surface area contributed by atoms with Gasteiger partial charge in [0, 0.05) is 25.2 Å². The number of hydrogen-bond donors (Lipinski definition) is 2. The zero-order valence-corrected chi connectivity index (χ0v) is 11.0. The van der Waals surface area contributed by atoms with Crippen LogP contribution in [0.4, 0.5) is 8.78 Å². The van der Waals surface area contributed by atoms with E-state index in [9.17, 15) is 17.2 Å². The van der Waals surface area contributed by atoms with E-state index >= 15 is 0 Å². The lowest BCUT2D eigenvalue weighted by Crippen LogP contribution is -2.32. The quantitative estimate of drug-likeness (QED) is 0.768. The molecule has 102 valence electrons. The number of rotatable bonds is 6. The lowest BCUT2D eigenvalue weighted by Gasteiger charge is -2.14. The molecule has 0 aliphatic carbocycles. The summed E-state index contributed by atoms with van der Waals surface area (Å²) in [6.07, 6.45) is 1.07. The molecule has 1 atom stereocenters. The van der Waals surface area contributed by atoms with Crippen molar-refractivity contribution >= 4 is 10.0 Å². The van der Waals surface area contributed by atoms with Gasteiger partial charge in [-0.25, -0.2) is 21.9 Å². The summed E-state index contributed by atoms with van der Waals surface area (Å²) in [4.78, 5) is 0. The third kappa shape index (κ3) is 5.52. The Balaban J connectivity index is 2.48. The molecule has 0 bridgehead atoms. The van der Waals surface area contributed by atoms with Crippen molar-refractivity contribution in [2.24, 2.45) is 0 Å². The van der Waals surface area contributed by atoms with Crippen molar-refractivity contribution in [3.05, 3.63) is 35.4 Å². The standard InChI is InChI=1S/C11H16F2N2O2S/c1-8(14-3-4-15-18(2,16)17)9-5-10(12)7-11(13)6-9/h5-8,14-15H,3-4H2,1-2H3. The highest BCUT2D eigenvalue weighted by Gasteiger charge is 2.08. The molecule has 0 saturated carbocycles. The van der Waals surface area contributed by atoms with Crippen molar-refractivity contribution < 1.29 is 17.2 Å². The number of sulfonamides is 1. The second-order valence-corrected chi connectivity index (χ2v) is 5.88. The molecule has 4 nitrogen and oxygen atoms in total. The van der Waals surface area contributed by atoms with Crippen molar-refractivity contribution in [2.45, 2.75) is 13.0 Å². The van der Waals surface area contributed by atoms with Crippen molar-refractivity contribution in [1.82, 2.24) is 10.0 Å². The molecule has 0 saturated heterocycles.